The van der Waals surface area contributed by atoms with Crippen LogP contribution < -0.4 is 14.8 Å². The molecule has 1 aliphatic heterocycles. The van der Waals surface area contributed by atoms with Gasteiger partial charge in [-0.25, -0.2) is 0 Å². The molecule has 116 valence electrons. The van der Waals surface area contributed by atoms with Crippen molar-refractivity contribution in [3.63, 3.8) is 0 Å². The summed E-state index contributed by atoms with van der Waals surface area (Å²) in [6, 6.07) is 14.8. The number of hydrogen-bond acceptors (Lipinski definition) is 3. The molecule has 0 spiro atoms. The third-order valence-corrected chi connectivity index (χ3v) is 3.86. The van der Waals surface area contributed by atoms with Crippen molar-refractivity contribution in [3.05, 3.63) is 53.6 Å². The molecule has 0 saturated heterocycles. The average Bonchev–Trinajstić information content (AvgIpc) is 2.52. The van der Waals surface area contributed by atoms with E-state index in [0.717, 1.165) is 23.7 Å². The van der Waals surface area contributed by atoms with E-state index >= 15 is 0 Å². The van der Waals surface area contributed by atoms with Crippen molar-refractivity contribution in [1.82, 2.24) is 0 Å². The van der Waals surface area contributed by atoms with Gasteiger partial charge >= 0.3 is 0 Å². The third kappa shape index (κ3) is 3.35. The molecule has 3 heteroatoms. The van der Waals surface area contributed by atoms with E-state index in [1.807, 2.05) is 18.2 Å². The zero-order chi connectivity index (χ0) is 15.6. The monoisotopic (exact) mass is 297 g/mol. The van der Waals surface area contributed by atoms with Gasteiger partial charge in [0.05, 0.1) is 0 Å². The van der Waals surface area contributed by atoms with E-state index in [-0.39, 0.29) is 5.41 Å². The zero-order valence-corrected chi connectivity index (χ0v) is 13.5. The lowest BCUT2D eigenvalue weighted by Gasteiger charge is -2.20. The molecule has 0 saturated carbocycles. The summed E-state index contributed by atoms with van der Waals surface area (Å²) in [5.74, 6) is 1.64. The molecular weight excluding hydrogens is 274 g/mol. The molecule has 22 heavy (non-hydrogen) atoms. The van der Waals surface area contributed by atoms with Gasteiger partial charge in [-0.2, -0.15) is 0 Å². The Morgan fingerprint density at radius 3 is 2.27 bits per heavy atom. The molecule has 0 atom stereocenters. The number of benzene rings is 2. The van der Waals surface area contributed by atoms with Gasteiger partial charge in [-0.05, 0) is 28.7 Å². The van der Waals surface area contributed by atoms with Gasteiger partial charge in [0.1, 0.15) is 13.2 Å². The Morgan fingerprint density at radius 1 is 0.909 bits per heavy atom. The fraction of sp³-hybridized carbons (Fsp3) is 0.368. The summed E-state index contributed by atoms with van der Waals surface area (Å²) in [6.07, 6.45) is 0. The van der Waals surface area contributed by atoms with Crippen LogP contribution in [0.4, 0.5) is 5.69 Å². The molecule has 0 aliphatic carbocycles. The predicted molar refractivity (Wildman–Crippen MR) is 89.9 cm³/mol. The first-order chi connectivity index (χ1) is 10.5. The molecule has 0 bridgehead atoms. The maximum absolute atomic E-state index is 5.60. The summed E-state index contributed by atoms with van der Waals surface area (Å²) in [4.78, 5) is 0. The topological polar surface area (TPSA) is 30.5 Å². The van der Waals surface area contributed by atoms with Gasteiger partial charge in [0, 0.05) is 18.3 Å². The van der Waals surface area contributed by atoms with Gasteiger partial charge in [-0.15, -0.1) is 0 Å². The van der Waals surface area contributed by atoms with E-state index in [4.69, 9.17) is 9.47 Å². The molecule has 0 unspecified atom stereocenters. The van der Waals surface area contributed by atoms with Crippen LogP contribution in [0.2, 0.25) is 0 Å². The lowest BCUT2D eigenvalue weighted by molar-refractivity contribution is 0.171. The highest BCUT2D eigenvalue weighted by molar-refractivity contribution is 5.55. The molecule has 0 radical (unpaired) electrons. The van der Waals surface area contributed by atoms with Gasteiger partial charge in [0.2, 0.25) is 0 Å². The Kier molecular flexibility index (Phi) is 3.97. The minimum absolute atomic E-state index is 0.196. The molecule has 0 amide bonds. The first-order valence-corrected chi connectivity index (χ1v) is 7.75. The fourth-order valence-corrected chi connectivity index (χ4v) is 2.48. The second-order valence-corrected chi connectivity index (χ2v) is 6.66. The maximum atomic E-state index is 5.60. The molecule has 1 N–H and O–H groups in total. The molecule has 2 aromatic rings. The summed E-state index contributed by atoms with van der Waals surface area (Å²) in [7, 11) is 0. The molecule has 3 nitrogen and oxygen atoms in total. The van der Waals surface area contributed by atoms with E-state index in [0.29, 0.717) is 13.2 Å². The van der Waals surface area contributed by atoms with Gasteiger partial charge in [-0.3, -0.25) is 0 Å². The Balaban J connectivity index is 1.65. The third-order valence-electron chi connectivity index (χ3n) is 3.86. The second-order valence-electron chi connectivity index (χ2n) is 6.66. The minimum atomic E-state index is 0.196. The van der Waals surface area contributed by atoms with Crippen molar-refractivity contribution < 1.29 is 9.47 Å². The van der Waals surface area contributed by atoms with Gasteiger partial charge in [0.25, 0.3) is 0 Å². The molecule has 2 aromatic carbocycles. The second kappa shape index (κ2) is 5.91. The zero-order valence-electron chi connectivity index (χ0n) is 13.5. The number of fused-ring (bicyclic) bond motifs is 1. The van der Waals surface area contributed by atoms with Gasteiger partial charge in [0.15, 0.2) is 11.5 Å². The molecule has 3 rings (SSSR count). The quantitative estimate of drug-likeness (QED) is 0.912. The smallest absolute Gasteiger partial charge is 0.163 e. The number of rotatable bonds is 3. The van der Waals surface area contributed by atoms with Crippen molar-refractivity contribution >= 4 is 5.69 Å². The van der Waals surface area contributed by atoms with Crippen LogP contribution in [0.5, 0.6) is 11.5 Å². The maximum Gasteiger partial charge on any atom is 0.163 e. The lowest BCUT2D eigenvalue weighted by atomic mass is 9.87. The van der Waals surface area contributed by atoms with Crippen LogP contribution in [0.3, 0.4) is 0 Å². The molecule has 0 aromatic heterocycles. The standard InChI is InChI=1S/C19H23NO2/c1-19(2,3)15-6-4-14(5-7-15)13-20-16-8-9-17-18(12-16)22-11-10-21-17/h4-9,12,20H,10-11,13H2,1-3H3. The summed E-state index contributed by atoms with van der Waals surface area (Å²) < 4.78 is 11.1. The van der Waals surface area contributed by atoms with Crippen LogP contribution in [-0.4, -0.2) is 13.2 Å². The molecular formula is C19H23NO2. The lowest BCUT2D eigenvalue weighted by Crippen LogP contribution is -2.15. The summed E-state index contributed by atoms with van der Waals surface area (Å²) in [5.41, 5.74) is 3.87. The van der Waals surface area contributed by atoms with E-state index < -0.39 is 0 Å². The number of anilines is 1. The first-order valence-electron chi connectivity index (χ1n) is 7.75. The highest BCUT2D eigenvalue weighted by Crippen LogP contribution is 2.32. The van der Waals surface area contributed by atoms with Gasteiger partial charge in [-0.1, -0.05) is 45.0 Å². The summed E-state index contributed by atoms with van der Waals surface area (Å²) in [5, 5.41) is 3.43. The number of nitrogens with one attached hydrogen (secondary N) is 1. The van der Waals surface area contributed by atoms with Gasteiger partial charge < -0.3 is 14.8 Å². The molecule has 1 heterocycles. The molecule has 1 aliphatic rings. The fourth-order valence-electron chi connectivity index (χ4n) is 2.48. The van der Waals surface area contributed by atoms with Crippen molar-refractivity contribution in [1.29, 1.82) is 0 Å². The van der Waals surface area contributed by atoms with Crippen LogP contribution in [0.15, 0.2) is 42.5 Å². The van der Waals surface area contributed by atoms with E-state index in [9.17, 15) is 0 Å². The highest BCUT2D eigenvalue weighted by atomic mass is 16.6. The van der Waals surface area contributed by atoms with Crippen LogP contribution in [0.25, 0.3) is 0 Å². The molecule has 0 fully saturated rings. The van der Waals surface area contributed by atoms with Crippen LogP contribution in [0, 0.1) is 0 Å². The Hall–Kier alpha value is -2.16. The largest absolute Gasteiger partial charge is 0.486 e. The van der Waals surface area contributed by atoms with Crippen molar-refractivity contribution in [2.45, 2.75) is 32.7 Å². The average molecular weight is 297 g/mol. The van der Waals surface area contributed by atoms with Crippen molar-refractivity contribution in [2.75, 3.05) is 18.5 Å². The highest BCUT2D eigenvalue weighted by Gasteiger charge is 2.13. The van der Waals surface area contributed by atoms with E-state index in [1.54, 1.807) is 0 Å². The van der Waals surface area contributed by atoms with Crippen molar-refractivity contribution in [3.8, 4) is 11.5 Å². The SMILES string of the molecule is CC(C)(C)c1ccc(CNc2ccc3c(c2)OCCO3)cc1. The normalized spacial score (nSPS) is 13.8. The predicted octanol–water partition coefficient (Wildman–Crippen LogP) is 4.37. The summed E-state index contributed by atoms with van der Waals surface area (Å²) in [6.45, 7) is 8.73. The Labute approximate surface area is 132 Å². The van der Waals surface area contributed by atoms with Crippen LogP contribution in [-0.2, 0) is 12.0 Å². The minimum Gasteiger partial charge on any atom is -0.486 e. The van der Waals surface area contributed by atoms with E-state index in [2.05, 4.69) is 50.4 Å². The van der Waals surface area contributed by atoms with Crippen LogP contribution in [0.1, 0.15) is 31.9 Å². The number of ether oxygens (including phenoxy) is 2. The Morgan fingerprint density at radius 2 is 1.59 bits per heavy atom. The summed E-state index contributed by atoms with van der Waals surface area (Å²) >= 11 is 0. The Bertz CT molecular complexity index is 641. The van der Waals surface area contributed by atoms with Crippen LogP contribution >= 0.6 is 0 Å². The first kappa shape index (κ1) is 14.8. The van der Waals surface area contributed by atoms with Crippen molar-refractivity contribution in [2.24, 2.45) is 0 Å². The number of hydrogen-bond donors (Lipinski definition) is 1. The van der Waals surface area contributed by atoms with E-state index in [1.165, 1.54) is 11.1 Å².